The van der Waals surface area contributed by atoms with Gasteiger partial charge in [-0.25, -0.2) is 4.39 Å². The lowest BCUT2D eigenvalue weighted by atomic mass is 9.74. The van der Waals surface area contributed by atoms with Crippen LogP contribution in [0.5, 0.6) is 0 Å². The minimum absolute atomic E-state index is 0.222. The van der Waals surface area contributed by atoms with Crippen molar-refractivity contribution in [2.45, 2.75) is 76.5 Å². The van der Waals surface area contributed by atoms with E-state index < -0.39 is 0 Å². The molecule has 3 heteroatoms. The molecule has 0 nitrogen and oxygen atoms in total. The molecule has 27 heavy (non-hydrogen) atoms. The summed E-state index contributed by atoms with van der Waals surface area (Å²) in [5.74, 6) is 2.63. The number of halogens is 3. The summed E-state index contributed by atoms with van der Waals surface area (Å²) in [6, 6.07) is 5.33. The van der Waals surface area contributed by atoms with Crippen LogP contribution in [-0.2, 0) is 0 Å². The first kappa shape index (κ1) is 20.8. The van der Waals surface area contributed by atoms with Crippen LogP contribution in [-0.4, -0.2) is 6.67 Å². The molecule has 0 aliphatic heterocycles. The van der Waals surface area contributed by atoms with Gasteiger partial charge in [-0.2, -0.15) is 0 Å². The van der Waals surface area contributed by atoms with E-state index >= 15 is 0 Å². The molecule has 0 spiro atoms. The number of hydrogen-bond donors (Lipinski definition) is 0. The maximum absolute atomic E-state index is 13.7. The Bertz CT molecular complexity index is 596. The second-order valence-corrected chi connectivity index (χ2v) is 9.06. The summed E-state index contributed by atoms with van der Waals surface area (Å²) in [6.07, 6.45) is 17.7. The second-order valence-electron chi connectivity index (χ2n) is 8.66. The molecule has 3 rings (SSSR count). The molecule has 1 aromatic carbocycles. The molecule has 1 aromatic rings. The van der Waals surface area contributed by atoms with Gasteiger partial charge in [-0.15, -0.1) is 0 Å². The van der Waals surface area contributed by atoms with Crippen molar-refractivity contribution >= 4 is 11.6 Å². The molecule has 0 bridgehead atoms. The first-order valence-corrected chi connectivity index (χ1v) is 11.2. The van der Waals surface area contributed by atoms with Gasteiger partial charge in [0.1, 0.15) is 5.82 Å². The molecule has 2 fully saturated rings. The number of allylic oxidation sites excluding steroid dienone is 2. The predicted octanol–water partition coefficient (Wildman–Crippen LogP) is 8.26. The van der Waals surface area contributed by atoms with Crippen molar-refractivity contribution < 1.29 is 8.78 Å². The molecule has 0 atom stereocenters. The van der Waals surface area contributed by atoms with Crippen molar-refractivity contribution in [3.8, 4) is 0 Å². The summed E-state index contributed by atoms with van der Waals surface area (Å²) in [6.45, 7) is -0.235. The molecule has 0 saturated heterocycles. The molecular formula is C24H33ClF2. The van der Waals surface area contributed by atoms with E-state index in [4.69, 9.17) is 11.6 Å². The lowest BCUT2D eigenvalue weighted by molar-refractivity contribution is 0.246. The van der Waals surface area contributed by atoms with Crippen LogP contribution in [0.1, 0.15) is 82.1 Å². The van der Waals surface area contributed by atoms with Gasteiger partial charge in [-0.3, -0.25) is 4.39 Å². The van der Waals surface area contributed by atoms with Gasteiger partial charge in [-0.05, 0) is 99.2 Å². The first-order valence-electron chi connectivity index (χ1n) is 10.8. The molecule has 2 saturated carbocycles. The van der Waals surface area contributed by atoms with Crippen LogP contribution in [0.2, 0.25) is 5.02 Å². The molecule has 0 heterocycles. The van der Waals surface area contributed by atoms with Gasteiger partial charge in [0.05, 0.1) is 11.7 Å². The van der Waals surface area contributed by atoms with Gasteiger partial charge >= 0.3 is 0 Å². The predicted molar refractivity (Wildman–Crippen MR) is 111 cm³/mol. The fourth-order valence-corrected chi connectivity index (χ4v) is 5.16. The van der Waals surface area contributed by atoms with Crippen molar-refractivity contribution in [1.29, 1.82) is 0 Å². The van der Waals surface area contributed by atoms with Crippen LogP contribution in [0.25, 0.3) is 0 Å². The van der Waals surface area contributed by atoms with Crippen molar-refractivity contribution in [1.82, 2.24) is 0 Å². The Kier molecular flexibility index (Phi) is 8.18. The third-order valence-electron chi connectivity index (χ3n) is 6.82. The Morgan fingerprint density at radius 1 is 0.926 bits per heavy atom. The van der Waals surface area contributed by atoms with E-state index in [9.17, 15) is 8.78 Å². The summed E-state index contributed by atoms with van der Waals surface area (Å²) >= 11 is 5.80. The van der Waals surface area contributed by atoms with Gasteiger partial charge in [0.2, 0.25) is 0 Å². The van der Waals surface area contributed by atoms with Gasteiger partial charge in [0.25, 0.3) is 0 Å². The summed E-state index contributed by atoms with van der Waals surface area (Å²) in [7, 11) is 0. The van der Waals surface area contributed by atoms with Gasteiger partial charge in [0, 0.05) is 0 Å². The SMILES string of the molecule is FCC/C=C/C1CCC(CCC2CCC(c3ccc(Cl)c(F)c3)CC2)CC1. The minimum atomic E-state index is -0.286. The monoisotopic (exact) mass is 394 g/mol. The van der Waals surface area contributed by atoms with Crippen LogP contribution in [0.4, 0.5) is 8.78 Å². The zero-order chi connectivity index (χ0) is 19.1. The molecule has 0 amide bonds. The zero-order valence-electron chi connectivity index (χ0n) is 16.3. The molecule has 0 radical (unpaired) electrons. The van der Waals surface area contributed by atoms with E-state index in [1.54, 1.807) is 12.1 Å². The lowest BCUT2D eigenvalue weighted by Crippen LogP contribution is -2.17. The smallest absolute Gasteiger partial charge is 0.142 e. The van der Waals surface area contributed by atoms with Gasteiger partial charge in [-0.1, -0.05) is 42.7 Å². The van der Waals surface area contributed by atoms with E-state index in [1.807, 2.05) is 12.1 Å². The Labute approximate surface area is 168 Å². The van der Waals surface area contributed by atoms with E-state index in [-0.39, 0.29) is 17.5 Å². The highest BCUT2D eigenvalue weighted by Gasteiger charge is 2.25. The highest BCUT2D eigenvalue weighted by molar-refractivity contribution is 6.30. The van der Waals surface area contributed by atoms with Gasteiger partial charge in [0.15, 0.2) is 0 Å². The summed E-state index contributed by atoms with van der Waals surface area (Å²) in [4.78, 5) is 0. The van der Waals surface area contributed by atoms with Crippen molar-refractivity contribution in [2.75, 3.05) is 6.67 Å². The first-order chi connectivity index (χ1) is 13.2. The fraction of sp³-hybridized carbons (Fsp3) is 0.667. The van der Waals surface area contributed by atoms with Crippen LogP contribution in [0.3, 0.4) is 0 Å². The average Bonchev–Trinajstić information content (AvgIpc) is 2.70. The molecule has 0 unspecified atom stereocenters. The van der Waals surface area contributed by atoms with E-state index in [1.165, 1.54) is 64.2 Å². The lowest BCUT2D eigenvalue weighted by Gasteiger charge is -2.31. The van der Waals surface area contributed by atoms with Crippen LogP contribution in [0, 0.1) is 23.6 Å². The Morgan fingerprint density at radius 3 is 2.15 bits per heavy atom. The quantitative estimate of drug-likeness (QED) is 0.408. The maximum atomic E-state index is 13.7. The third-order valence-corrected chi connectivity index (χ3v) is 7.13. The fourth-order valence-electron chi connectivity index (χ4n) is 5.04. The maximum Gasteiger partial charge on any atom is 0.142 e. The summed E-state index contributed by atoms with van der Waals surface area (Å²) < 4.78 is 25.9. The van der Waals surface area contributed by atoms with Crippen molar-refractivity contribution in [3.05, 3.63) is 46.8 Å². The average molecular weight is 395 g/mol. The highest BCUT2D eigenvalue weighted by atomic mass is 35.5. The topological polar surface area (TPSA) is 0 Å². The standard InChI is InChI=1S/C24H33ClF2/c25-23-15-14-22(17-24(23)27)21-12-10-20(11-13-21)9-8-19-6-4-18(5-7-19)3-1-2-16-26/h1,3,14-15,17-21H,2,4-13,16H2/b3-1+. The Hall–Kier alpha value is -0.890. The van der Waals surface area contributed by atoms with Crippen molar-refractivity contribution in [2.24, 2.45) is 17.8 Å². The van der Waals surface area contributed by atoms with Gasteiger partial charge < -0.3 is 0 Å². The second kappa shape index (κ2) is 10.6. The summed E-state index contributed by atoms with van der Waals surface area (Å²) in [5.41, 5.74) is 1.12. The van der Waals surface area contributed by atoms with Crippen molar-refractivity contribution in [3.63, 3.8) is 0 Å². The van der Waals surface area contributed by atoms with E-state index in [2.05, 4.69) is 6.08 Å². The number of rotatable bonds is 7. The largest absolute Gasteiger partial charge is 0.251 e. The molecule has 2 aliphatic rings. The van der Waals surface area contributed by atoms with E-state index in [0.717, 1.165) is 17.4 Å². The number of hydrogen-bond acceptors (Lipinski definition) is 0. The minimum Gasteiger partial charge on any atom is -0.251 e. The molecule has 2 aliphatic carbocycles. The Balaban J connectivity index is 1.35. The highest BCUT2D eigenvalue weighted by Crippen LogP contribution is 2.40. The van der Waals surface area contributed by atoms with Crippen LogP contribution >= 0.6 is 11.6 Å². The molecular weight excluding hydrogens is 362 g/mol. The van der Waals surface area contributed by atoms with E-state index in [0.29, 0.717) is 18.3 Å². The number of benzene rings is 1. The van der Waals surface area contributed by atoms with Crippen LogP contribution in [0.15, 0.2) is 30.4 Å². The zero-order valence-corrected chi connectivity index (χ0v) is 17.1. The number of alkyl halides is 1. The molecule has 150 valence electrons. The molecule has 0 aromatic heterocycles. The van der Waals surface area contributed by atoms with Crippen LogP contribution < -0.4 is 0 Å². The molecule has 0 N–H and O–H groups in total. The third kappa shape index (κ3) is 6.31. The summed E-state index contributed by atoms with van der Waals surface area (Å²) in [5, 5.41) is 0.222. The Morgan fingerprint density at radius 2 is 1.56 bits per heavy atom. The normalized spacial score (nSPS) is 29.3.